The molecule has 1 N–H and O–H groups in total. The number of aromatic nitrogens is 2. The summed E-state index contributed by atoms with van der Waals surface area (Å²) in [6.45, 7) is 7.19. The van der Waals surface area contributed by atoms with Gasteiger partial charge in [-0.3, -0.25) is 4.90 Å². The molecular weight excluding hydrogens is 254 g/mol. The van der Waals surface area contributed by atoms with Crippen LogP contribution in [0.1, 0.15) is 70.6 Å². The number of nitrogens with zero attached hydrogens (tertiary/aromatic N) is 3. The lowest BCUT2D eigenvalue weighted by molar-refractivity contribution is 0.102. The van der Waals surface area contributed by atoms with Crippen LogP contribution in [-0.2, 0) is 6.42 Å². The van der Waals surface area contributed by atoms with Crippen LogP contribution in [0.25, 0.3) is 0 Å². The smallest absolute Gasteiger partial charge is 0.243 e. The number of aryl methyl sites for hydroxylation is 1. The first-order valence-corrected chi connectivity index (χ1v) is 7.88. The van der Waals surface area contributed by atoms with Crippen molar-refractivity contribution in [2.75, 3.05) is 6.54 Å². The standard InChI is InChI=1S/C15H27N3O2/c1-4-5-8-14-16-15(20-17-14)12(3)18-9-6-7-13(18)10-11(2)19/h11-13,19H,4-10H2,1-3H3. The van der Waals surface area contributed by atoms with Crippen molar-refractivity contribution in [1.29, 1.82) is 0 Å². The van der Waals surface area contributed by atoms with Crippen LogP contribution in [0.2, 0.25) is 0 Å². The number of likely N-dealkylation sites (tertiary alicyclic amines) is 1. The molecule has 0 spiro atoms. The lowest BCUT2D eigenvalue weighted by atomic mass is 10.1. The van der Waals surface area contributed by atoms with Gasteiger partial charge in [-0.05, 0) is 46.1 Å². The van der Waals surface area contributed by atoms with E-state index in [4.69, 9.17) is 4.52 Å². The summed E-state index contributed by atoms with van der Waals surface area (Å²) in [6, 6.07) is 0.570. The van der Waals surface area contributed by atoms with Crippen molar-refractivity contribution in [1.82, 2.24) is 15.0 Å². The fraction of sp³-hybridized carbons (Fsp3) is 0.867. The summed E-state index contributed by atoms with van der Waals surface area (Å²) >= 11 is 0. The van der Waals surface area contributed by atoms with E-state index in [2.05, 4.69) is 28.9 Å². The molecule has 0 bridgehead atoms. The van der Waals surface area contributed by atoms with Gasteiger partial charge >= 0.3 is 0 Å². The molecule has 2 heterocycles. The van der Waals surface area contributed by atoms with Gasteiger partial charge in [0.1, 0.15) is 0 Å². The average Bonchev–Trinajstić information content (AvgIpc) is 3.04. The fourth-order valence-corrected chi connectivity index (χ4v) is 3.03. The highest BCUT2D eigenvalue weighted by Crippen LogP contribution is 2.30. The Balaban J connectivity index is 1.98. The maximum Gasteiger partial charge on any atom is 0.243 e. The van der Waals surface area contributed by atoms with Gasteiger partial charge in [-0.15, -0.1) is 0 Å². The maximum absolute atomic E-state index is 9.61. The molecular formula is C15H27N3O2. The molecule has 2 rings (SSSR count). The summed E-state index contributed by atoms with van der Waals surface area (Å²) < 4.78 is 5.42. The Labute approximate surface area is 121 Å². The van der Waals surface area contributed by atoms with E-state index in [1.807, 2.05) is 6.92 Å². The van der Waals surface area contributed by atoms with E-state index >= 15 is 0 Å². The molecule has 1 aromatic rings. The molecule has 0 aromatic carbocycles. The summed E-state index contributed by atoms with van der Waals surface area (Å²) in [4.78, 5) is 6.92. The minimum atomic E-state index is -0.254. The van der Waals surface area contributed by atoms with Crippen molar-refractivity contribution in [2.24, 2.45) is 0 Å². The van der Waals surface area contributed by atoms with Gasteiger partial charge in [0.2, 0.25) is 5.89 Å². The number of unbranched alkanes of at least 4 members (excludes halogenated alkanes) is 1. The summed E-state index contributed by atoms with van der Waals surface area (Å²) in [5.41, 5.74) is 0. The molecule has 5 heteroatoms. The summed E-state index contributed by atoms with van der Waals surface area (Å²) in [7, 11) is 0. The Bertz CT molecular complexity index is 406. The SMILES string of the molecule is CCCCc1noc(C(C)N2CCCC2CC(C)O)n1. The molecule has 3 unspecified atom stereocenters. The van der Waals surface area contributed by atoms with E-state index in [-0.39, 0.29) is 12.1 Å². The van der Waals surface area contributed by atoms with Crippen LogP contribution in [0.15, 0.2) is 4.52 Å². The van der Waals surface area contributed by atoms with Crippen LogP contribution in [0.3, 0.4) is 0 Å². The van der Waals surface area contributed by atoms with Crippen LogP contribution < -0.4 is 0 Å². The quantitative estimate of drug-likeness (QED) is 0.832. The Hall–Kier alpha value is -0.940. The van der Waals surface area contributed by atoms with Gasteiger partial charge in [-0.25, -0.2) is 0 Å². The highest BCUT2D eigenvalue weighted by molar-refractivity contribution is 4.96. The predicted octanol–water partition coefficient (Wildman–Crippen LogP) is 2.71. The molecule has 5 nitrogen and oxygen atoms in total. The topological polar surface area (TPSA) is 62.4 Å². The second-order valence-corrected chi connectivity index (χ2v) is 5.95. The van der Waals surface area contributed by atoms with Crippen molar-refractivity contribution in [3.05, 3.63) is 11.7 Å². The summed E-state index contributed by atoms with van der Waals surface area (Å²) in [6.07, 6.45) is 6.02. The molecule has 1 aliphatic heterocycles. The molecule has 114 valence electrons. The highest BCUT2D eigenvalue weighted by Gasteiger charge is 2.32. The van der Waals surface area contributed by atoms with Crippen LogP contribution >= 0.6 is 0 Å². The van der Waals surface area contributed by atoms with Crippen molar-refractivity contribution in [3.63, 3.8) is 0 Å². The molecule has 1 saturated heterocycles. The first-order valence-electron chi connectivity index (χ1n) is 7.88. The zero-order valence-electron chi connectivity index (χ0n) is 12.9. The zero-order chi connectivity index (χ0) is 14.5. The minimum absolute atomic E-state index is 0.143. The van der Waals surface area contributed by atoms with Gasteiger partial charge in [-0.1, -0.05) is 18.5 Å². The van der Waals surface area contributed by atoms with Crippen LogP contribution in [0.5, 0.6) is 0 Å². The predicted molar refractivity (Wildman–Crippen MR) is 77.4 cm³/mol. The summed E-state index contributed by atoms with van der Waals surface area (Å²) in [5.74, 6) is 1.54. The van der Waals surface area contributed by atoms with E-state index < -0.39 is 0 Å². The Morgan fingerprint density at radius 2 is 2.25 bits per heavy atom. The second-order valence-electron chi connectivity index (χ2n) is 5.95. The van der Waals surface area contributed by atoms with E-state index in [1.54, 1.807) is 0 Å². The van der Waals surface area contributed by atoms with Crippen molar-refractivity contribution in [2.45, 2.75) is 77.5 Å². The average molecular weight is 281 g/mol. The van der Waals surface area contributed by atoms with E-state index in [1.165, 1.54) is 6.42 Å². The van der Waals surface area contributed by atoms with Crippen LogP contribution in [0.4, 0.5) is 0 Å². The summed E-state index contributed by atoms with van der Waals surface area (Å²) in [5, 5.41) is 13.7. The van der Waals surface area contributed by atoms with Gasteiger partial charge in [0.25, 0.3) is 0 Å². The number of aliphatic hydroxyl groups excluding tert-OH is 1. The Morgan fingerprint density at radius 3 is 2.95 bits per heavy atom. The van der Waals surface area contributed by atoms with Gasteiger partial charge < -0.3 is 9.63 Å². The van der Waals surface area contributed by atoms with Gasteiger partial charge in [0.05, 0.1) is 12.1 Å². The molecule has 0 amide bonds. The lowest BCUT2D eigenvalue weighted by Crippen LogP contribution is -2.34. The molecule has 0 saturated carbocycles. The maximum atomic E-state index is 9.61. The monoisotopic (exact) mass is 281 g/mol. The molecule has 20 heavy (non-hydrogen) atoms. The first-order chi connectivity index (χ1) is 9.61. The van der Waals surface area contributed by atoms with E-state index in [0.29, 0.717) is 11.9 Å². The lowest BCUT2D eigenvalue weighted by Gasteiger charge is -2.29. The van der Waals surface area contributed by atoms with E-state index in [9.17, 15) is 5.11 Å². The molecule has 0 aliphatic carbocycles. The first kappa shape index (κ1) is 15.4. The molecule has 1 fully saturated rings. The molecule has 3 atom stereocenters. The fourth-order valence-electron chi connectivity index (χ4n) is 3.03. The third-order valence-electron chi connectivity index (χ3n) is 4.13. The molecule has 1 aliphatic rings. The number of hydrogen-bond acceptors (Lipinski definition) is 5. The van der Waals surface area contributed by atoms with Gasteiger partial charge in [0.15, 0.2) is 5.82 Å². The highest BCUT2D eigenvalue weighted by atomic mass is 16.5. The molecule has 1 aromatic heterocycles. The number of aliphatic hydroxyl groups is 1. The van der Waals surface area contributed by atoms with Crippen LogP contribution in [0, 0.1) is 0 Å². The van der Waals surface area contributed by atoms with Crippen molar-refractivity contribution < 1.29 is 9.63 Å². The second kappa shape index (κ2) is 7.18. The van der Waals surface area contributed by atoms with Crippen molar-refractivity contribution >= 4 is 0 Å². The minimum Gasteiger partial charge on any atom is -0.393 e. The molecule has 0 radical (unpaired) electrons. The number of rotatable bonds is 7. The van der Waals surface area contributed by atoms with Crippen LogP contribution in [-0.4, -0.2) is 38.8 Å². The van der Waals surface area contributed by atoms with E-state index in [0.717, 1.165) is 44.5 Å². The third kappa shape index (κ3) is 3.79. The normalized spacial score (nSPS) is 23.1. The Kier molecular flexibility index (Phi) is 5.54. The Morgan fingerprint density at radius 1 is 1.45 bits per heavy atom. The third-order valence-corrected chi connectivity index (χ3v) is 4.13. The zero-order valence-corrected chi connectivity index (χ0v) is 12.9. The van der Waals surface area contributed by atoms with Gasteiger partial charge in [-0.2, -0.15) is 4.98 Å². The number of hydrogen-bond donors (Lipinski definition) is 1. The van der Waals surface area contributed by atoms with Gasteiger partial charge in [0, 0.05) is 12.5 Å². The largest absolute Gasteiger partial charge is 0.393 e. The van der Waals surface area contributed by atoms with Crippen molar-refractivity contribution in [3.8, 4) is 0 Å².